The van der Waals surface area contributed by atoms with Gasteiger partial charge in [0.05, 0.1) is 5.69 Å². The smallest absolute Gasteiger partial charge is 0.349 e. The van der Waals surface area contributed by atoms with Gasteiger partial charge in [-0.3, -0.25) is 4.79 Å². The maximum atomic E-state index is 11.9. The molecule has 0 radical (unpaired) electrons. The van der Waals surface area contributed by atoms with Crippen molar-refractivity contribution in [3.63, 3.8) is 0 Å². The number of para-hydroxylation sites is 1. The number of rotatable bonds is 3. The van der Waals surface area contributed by atoms with E-state index in [1.165, 1.54) is 0 Å². The van der Waals surface area contributed by atoms with Crippen molar-refractivity contribution in [2.24, 2.45) is 0 Å². The fourth-order valence-electron chi connectivity index (χ4n) is 2.30. The number of carbonyl (C=O) groups excluding carboxylic acids is 1. The van der Waals surface area contributed by atoms with Crippen LogP contribution in [0, 0.1) is 13.8 Å². The van der Waals surface area contributed by atoms with E-state index >= 15 is 0 Å². The number of hydrogen-bond donors (Lipinski definition) is 1. The lowest BCUT2D eigenvalue weighted by Crippen LogP contribution is -2.12. The van der Waals surface area contributed by atoms with Crippen LogP contribution in [0.4, 0.5) is 11.6 Å². The van der Waals surface area contributed by atoms with Gasteiger partial charge in [0.1, 0.15) is 11.1 Å². The van der Waals surface area contributed by atoms with Gasteiger partial charge in [0.2, 0.25) is 5.95 Å². The molecule has 110 valence electrons. The Balaban J connectivity index is 2.24. The summed E-state index contributed by atoms with van der Waals surface area (Å²) in [4.78, 5) is 31.7. The number of hydrogen-bond acceptors (Lipinski definition) is 6. The molecular weight excluding hydrogens is 282 g/mol. The third-order valence-electron chi connectivity index (χ3n) is 3.19. The Morgan fingerprint density at radius 1 is 1.14 bits per heavy atom. The molecule has 0 spiro atoms. The van der Waals surface area contributed by atoms with E-state index in [-0.39, 0.29) is 5.56 Å². The van der Waals surface area contributed by atoms with Gasteiger partial charge in [-0.2, -0.15) is 0 Å². The Labute approximate surface area is 125 Å². The second-order valence-corrected chi connectivity index (χ2v) is 4.89. The fraction of sp³-hybridized carbons (Fsp3) is 0.125. The molecule has 6 heteroatoms. The summed E-state index contributed by atoms with van der Waals surface area (Å²) < 4.78 is 5.14. The molecule has 2 aromatic heterocycles. The number of anilines is 2. The van der Waals surface area contributed by atoms with Crippen LogP contribution in [0.5, 0.6) is 0 Å². The molecule has 0 atom stereocenters. The van der Waals surface area contributed by atoms with Crippen molar-refractivity contribution >= 4 is 28.9 Å². The molecule has 0 aliphatic rings. The number of aromatic nitrogens is 2. The molecule has 0 fully saturated rings. The molecule has 22 heavy (non-hydrogen) atoms. The SMILES string of the molecule is Cc1cc(C)nc(Nc2c(C=O)c(=O)oc3ccccc23)n1. The molecule has 6 nitrogen and oxygen atoms in total. The summed E-state index contributed by atoms with van der Waals surface area (Å²) in [6.07, 6.45) is 0.475. The van der Waals surface area contributed by atoms with E-state index in [2.05, 4.69) is 15.3 Å². The van der Waals surface area contributed by atoms with Gasteiger partial charge in [-0.1, -0.05) is 12.1 Å². The van der Waals surface area contributed by atoms with Gasteiger partial charge < -0.3 is 9.73 Å². The third kappa shape index (κ3) is 2.46. The van der Waals surface area contributed by atoms with Gasteiger partial charge in [0.15, 0.2) is 6.29 Å². The molecule has 0 unspecified atom stereocenters. The first-order chi connectivity index (χ1) is 10.6. The molecule has 1 aromatic carbocycles. The van der Waals surface area contributed by atoms with Crippen LogP contribution in [0.2, 0.25) is 0 Å². The maximum absolute atomic E-state index is 11.9. The van der Waals surface area contributed by atoms with Crippen molar-refractivity contribution in [2.75, 3.05) is 5.32 Å². The average molecular weight is 295 g/mol. The Morgan fingerprint density at radius 3 is 2.50 bits per heavy atom. The van der Waals surface area contributed by atoms with Crippen LogP contribution >= 0.6 is 0 Å². The van der Waals surface area contributed by atoms with Crippen LogP contribution in [0.25, 0.3) is 11.0 Å². The largest absolute Gasteiger partial charge is 0.422 e. The number of benzene rings is 1. The van der Waals surface area contributed by atoms with Gasteiger partial charge in [-0.15, -0.1) is 0 Å². The number of aryl methyl sites for hydroxylation is 2. The lowest BCUT2D eigenvalue weighted by Gasteiger charge is -2.10. The first-order valence-corrected chi connectivity index (χ1v) is 6.69. The van der Waals surface area contributed by atoms with Crippen molar-refractivity contribution in [1.29, 1.82) is 0 Å². The maximum Gasteiger partial charge on any atom is 0.349 e. The van der Waals surface area contributed by atoms with E-state index in [1.807, 2.05) is 19.9 Å². The van der Waals surface area contributed by atoms with Crippen LogP contribution in [0.15, 0.2) is 39.5 Å². The van der Waals surface area contributed by atoms with Gasteiger partial charge in [-0.05, 0) is 32.0 Å². The number of nitrogens with one attached hydrogen (secondary N) is 1. The van der Waals surface area contributed by atoms with Crippen LogP contribution in [-0.4, -0.2) is 16.3 Å². The number of carbonyl (C=O) groups is 1. The highest BCUT2D eigenvalue weighted by atomic mass is 16.4. The zero-order valence-corrected chi connectivity index (χ0v) is 12.1. The topological polar surface area (TPSA) is 85.1 Å². The number of fused-ring (bicyclic) bond motifs is 1. The van der Waals surface area contributed by atoms with Crippen molar-refractivity contribution < 1.29 is 9.21 Å². The van der Waals surface area contributed by atoms with E-state index < -0.39 is 5.63 Å². The highest BCUT2D eigenvalue weighted by Gasteiger charge is 2.15. The van der Waals surface area contributed by atoms with E-state index in [0.29, 0.717) is 28.9 Å². The molecule has 0 saturated heterocycles. The highest BCUT2D eigenvalue weighted by molar-refractivity contribution is 6.00. The number of aldehydes is 1. The molecule has 3 aromatic rings. The molecule has 0 saturated carbocycles. The lowest BCUT2D eigenvalue weighted by atomic mass is 10.1. The van der Waals surface area contributed by atoms with Crippen molar-refractivity contribution in [1.82, 2.24) is 9.97 Å². The normalized spacial score (nSPS) is 10.6. The van der Waals surface area contributed by atoms with Gasteiger partial charge in [0.25, 0.3) is 0 Å². The first kappa shape index (κ1) is 13.9. The highest BCUT2D eigenvalue weighted by Crippen LogP contribution is 2.26. The van der Waals surface area contributed by atoms with E-state index in [0.717, 1.165) is 11.4 Å². The summed E-state index contributed by atoms with van der Waals surface area (Å²) in [5.41, 5.74) is 1.55. The molecule has 0 amide bonds. The van der Waals surface area contributed by atoms with E-state index in [9.17, 15) is 9.59 Å². The van der Waals surface area contributed by atoms with Gasteiger partial charge in [0, 0.05) is 16.8 Å². The van der Waals surface area contributed by atoms with E-state index in [4.69, 9.17) is 4.42 Å². The Bertz CT molecular complexity index is 911. The predicted octanol–water partition coefficient (Wildman–Crippen LogP) is 2.76. The molecule has 0 aliphatic heterocycles. The minimum absolute atomic E-state index is 0.0820. The summed E-state index contributed by atoms with van der Waals surface area (Å²) >= 11 is 0. The van der Waals surface area contributed by atoms with Crippen molar-refractivity contribution in [2.45, 2.75) is 13.8 Å². The summed E-state index contributed by atoms with van der Waals surface area (Å²) in [5, 5.41) is 3.59. The third-order valence-corrected chi connectivity index (χ3v) is 3.19. The second kappa shape index (κ2) is 5.40. The van der Waals surface area contributed by atoms with Crippen LogP contribution in [0.3, 0.4) is 0 Å². The minimum atomic E-state index is -0.694. The Morgan fingerprint density at radius 2 is 1.82 bits per heavy atom. The van der Waals surface area contributed by atoms with Crippen LogP contribution in [-0.2, 0) is 0 Å². The molecule has 0 bridgehead atoms. The molecule has 1 N–H and O–H groups in total. The quantitative estimate of drug-likeness (QED) is 0.590. The molecule has 2 heterocycles. The minimum Gasteiger partial charge on any atom is -0.422 e. The Hall–Kier alpha value is -3.02. The number of nitrogens with zero attached hydrogens (tertiary/aromatic N) is 2. The van der Waals surface area contributed by atoms with Crippen molar-refractivity contribution in [3.05, 3.63) is 57.7 Å². The zero-order valence-electron chi connectivity index (χ0n) is 12.1. The van der Waals surface area contributed by atoms with Gasteiger partial charge >= 0.3 is 5.63 Å². The monoisotopic (exact) mass is 295 g/mol. The summed E-state index contributed by atoms with van der Waals surface area (Å²) in [5.74, 6) is 0.330. The van der Waals surface area contributed by atoms with Crippen LogP contribution < -0.4 is 10.9 Å². The lowest BCUT2D eigenvalue weighted by molar-refractivity contribution is 0.112. The summed E-state index contributed by atoms with van der Waals surface area (Å²) in [6, 6.07) is 8.81. The molecule has 3 rings (SSSR count). The zero-order chi connectivity index (χ0) is 15.7. The Kier molecular flexibility index (Phi) is 3.42. The average Bonchev–Trinajstić information content (AvgIpc) is 2.46. The van der Waals surface area contributed by atoms with Gasteiger partial charge in [-0.25, -0.2) is 14.8 Å². The molecule has 0 aliphatic carbocycles. The van der Waals surface area contributed by atoms with Crippen LogP contribution in [0.1, 0.15) is 21.7 Å². The van der Waals surface area contributed by atoms with Crippen molar-refractivity contribution in [3.8, 4) is 0 Å². The standard InChI is InChI=1S/C16H13N3O3/c1-9-7-10(2)18-16(17-9)19-14-11-5-3-4-6-13(11)22-15(21)12(14)8-20/h3-8H,1-2H3,(H,17,18,19). The fourth-order valence-corrected chi connectivity index (χ4v) is 2.30. The summed E-state index contributed by atoms with van der Waals surface area (Å²) in [7, 11) is 0. The summed E-state index contributed by atoms with van der Waals surface area (Å²) in [6.45, 7) is 3.69. The first-order valence-electron chi connectivity index (χ1n) is 6.69. The van der Waals surface area contributed by atoms with E-state index in [1.54, 1.807) is 24.3 Å². The molecular formula is C16H13N3O3. The predicted molar refractivity (Wildman–Crippen MR) is 82.7 cm³/mol. The second-order valence-electron chi connectivity index (χ2n) is 4.89.